The number of rotatable bonds is 2. The van der Waals surface area contributed by atoms with Crippen molar-refractivity contribution in [2.45, 2.75) is 44.1 Å². The summed E-state index contributed by atoms with van der Waals surface area (Å²) in [5.41, 5.74) is 0.787. The lowest BCUT2D eigenvalue weighted by Crippen LogP contribution is -2.24. The molecule has 0 amide bonds. The van der Waals surface area contributed by atoms with Gasteiger partial charge in [-0.1, -0.05) is 11.6 Å². The zero-order chi connectivity index (χ0) is 12.0. The lowest BCUT2D eigenvalue weighted by atomic mass is 10.0. The molecule has 2 aliphatic rings. The van der Waals surface area contributed by atoms with E-state index in [1.165, 1.54) is 12.8 Å². The Morgan fingerprint density at radius 2 is 2.18 bits per heavy atom. The van der Waals surface area contributed by atoms with Crippen molar-refractivity contribution >= 4 is 34.2 Å². The van der Waals surface area contributed by atoms with Gasteiger partial charge in [-0.25, -0.2) is 9.97 Å². The molecule has 1 aromatic heterocycles. The van der Waals surface area contributed by atoms with Gasteiger partial charge in [-0.05, 0) is 55.2 Å². The van der Waals surface area contributed by atoms with Crippen LogP contribution < -0.4 is 0 Å². The molecule has 0 aromatic carbocycles. The molecule has 17 heavy (non-hydrogen) atoms. The molecule has 3 rings (SSSR count). The van der Waals surface area contributed by atoms with Gasteiger partial charge in [-0.15, -0.1) is 0 Å². The maximum absolute atomic E-state index is 6.22. The standard InChI is InChI=1S/C12H14ClIN2O/c1-12(5-2-6-17-12)11-15-9(7-3-4-7)8(14)10(13)16-11/h7H,2-6H2,1H3. The van der Waals surface area contributed by atoms with Crippen LogP contribution in [0.25, 0.3) is 0 Å². The molecule has 0 N–H and O–H groups in total. The maximum Gasteiger partial charge on any atom is 0.162 e. The van der Waals surface area contributed by atoms with Crippen molar-refractivity contribution in [3.05, 3.63) is 20.2 Å². The molecule has 2 heterocycles. The van der Waals surface area contributed by atoms with Gasteiger partial charge >= 0.3 is 0 Å². The van der Waals surface area contributed by atoms with E-state index < -0.39 is 0 Å². The van der Waals surface area contributed by atoms with Gasteiger partial charge in [-0.3, -0.25) is 0 Å². The smallest absolute Gasteiger partial charge is 0.162 e. The van der Waals surface area contributed by atoms with Crippen LogP contribution >= 0.6 is 34.2 Å². The molecule has 1 aliphatic heterocycles. The molecular weight excluding hydrogens is 351 g/mol. The third kappa shape index (κ3) is 2.19. The lowest BCUT2D eigenvalue weighted by molar-refractivity contribution is 0.00912. The molecule has 0 spiro atoms. The number of nitrogens with zero attached hydrogens (tertiary/aromatic N) is 2. The van der Waals surface area contributed by atoms with Crippen molar-refractivity contribution in [3.63, 3.8) is 0 Å². The summed E-state index contributed by atoms with van der Waals surface area (Å²) >= 11 is 8.46. The normalized spacial score (nSPS) is 28.6. The van der Waals surface area contributed by atoms with E-state index in [-0.39, 0.29) is 5.60 Å². The Morgan fingerprint density at radius 3 is 2.76 bits per heavy atom. The highest BCUT2D eigenvalue weighted by atomic mass is 127. The number of aromatic nitrogens is 2. The summed E-state index contributed by atoms with van der Waals surface area (Å²) in [4.78, 5) is 9.14. The quantitative estimate of drug-likeness (QED) is 0.594. The van der Waals surface area contributed by atoms with Crippen LogP contribution in [0.1, 0.15) is 50.0 Å². The molecule has 92 valence electrons. The van der Waals surface area contributed by atoms with Crippen LogP contribution in [-0.2, 0) is 10.3 Å². The lowest BCUT2D eigenvalue weighted by Gasteiger charge is -2.22. The van der Waals surface area contributed by atoms with Crippen LogP contribution in [0.5, 0.6) is 0 Å². The van der Waals surface area contributed by atoms with E-state index >= 15 is 0 Å². The summed E-state index contributed by atoms with van der Waals surface area (Å²) in [5.74, 6) is 1.36. The summed E-state index contributed by atoms with van der Waals surface area (Å²) in [6.45, 7) is 2.86. The first-order chi connectivity index (χ1) is 8.10. The van der Waals surface area contributed by atoms with Gasteiger partial charge in [0.05, 0.1) is 9.26 Å². The van der Waals surface area contributed by atoms with Gasteiger partial charge in [0.25, 0.3) is 0 Å². The first kappa shape index (κ1) is 12.1. The minimum Gasteiger partial charge on any atom is -0.367 e. The fraction of sp³-hybridized carbons (Fsp3) is 0.667. The average molecular weight is 365 g/mol. The Bertz CT molecular complexity index is 456. The third-order valence-corrected chi connectivity index (χ3v) is 5.15. The fourth-order valence-electron chi connectivity index (χ4n) is 2.26. The third-order valence-electron chi connectivity index (χ3n) is 3.49. The van der Waals surface area contributed by atoms with E-state index in [0.29, 0.717) is 11.1 Å². The first-order valence-electron chi connectivity index (χ1n) is 5.97. The average Bonchev–Trinajstić information content (AvgIpc) is 3.05. The predicted molar refractivity (Wildman–Crippen MR) is 74.3 cm³/mol. The molecule has 1 aromatic rings. The molecular formula is C12H14ClIN2O. The fourth-order valence-corrected chi connectivity index (χ4v) is 3.11. The molecule has 1 unspecified atom stereocenters. The van der Waals surface area contributed by atoms with Crippen LogP contribution in [0.4, 0.5) is 0 Å². The second kappa shape index (κ2) is 4.31. The van der Waals surface area contributed by atoms with E-state index in [2.05, 4.69) is 34.5 Å². The maximum atomic E-state index is 6.22. The zero-order valence-electron chi connectivity index (χ0n) is 9.67. The molecule has 1 aliphatic carbocycles. The highest BCUT2D eigenvalue weighted by Crippen LogP contribution is 2.43. The van der Waals surface area contributed by atoms with Gasteiger partial charge in [0, 0.05) is 12.5 Å². The van der Waals surface area contributed by atoms with Gasteiger partial charge < -0.3 is 4.74 Å². The summed E-state index contributed by atoms with van der Waals surface area (Å²) < 4.78 is 6.80. The van der Waals surface area contributed by atoms with E-state index in [0.717, 1.165) is 34.5 Å². The molecule has 1 atom stereocenters. The van der Waals surface area contributed by atoms with Crippen molar-refractivity contribution in [3.8, 4) is 0 Å². The van der Waals surface area contributed by atoms with Crippen LogP contribution in [-0.4, -0.2) is 16.6 Å². The van der Waals surface area contributed by atoms with Crippen LogP contribution in [0, 0.1) is 3.57 Å². The molecule has 1 saturated carbocycles. The summed E-state index contributed by atoms with van der Waals surface area (Å²) in [7, 11) is 0. The minimum atomic E-state index is -0.336. The number of hydrogen-bond acceptors (Lipinski definition) is 3. The number of halogens is 2. The van der Waals surface area contributed by atoms with E-state index in [1.807, 2.05) is 0 Å². The first-order valence-corrected chi connectivity index (χ1v) is 7.43. The monoisotopic (exact) mass is 364 g/mol. The van der Waals surface area contributed by atoms with Crippen molar-refractivity contribution in [2.24, 2.45) is 0 Å². The Kier molecular flexibility index (Phi) is 3.07. The molecule has 2 fully saturated rings. The van der Waals surface area contributed by atoms with Gasteiger partial charge in [0.15, 0.2) is 5.82 Å². The van der Waals surface area contributed by atoms with Crippen molar-refractivity contribution < 1.29 is 4.74 Å². The molecule has 3 nitrogen and oxygen atoms in total. The van der Waals surface area contributed by atoms with Crippen LogP contribution in [0.2, 0.25) is 5.15 Å². The number of ether oxygens (including phenoxy) is 1. The Morgan fingerprint density at radius 1 is 1.41 bits per heavy atom. The van der Waals surface area contributed by atoms with E-state index in [1.54, 1.807) is 0 Å². The summed E-state index contributed by atoms with van der Waals surface area (Å²) in [5, 5.41) is 0.578. The van der Waals surface area contributed by atoms with Crippen molar-refractivity contribution in [2.75, 3.05) is 6.61 Å². The van der Waals surface area contributed by atoms with Crippen molar-refractivity contribution in [1.29, 1.82) is 0 Å². The highest BCUT2D eigenvalue weighted by molar-refractivity contribution is 14.1. The second-order valence-electron chi connectivity index (χ2n) is 4.99. The summed E-state index contributed by atoms with van der Waals surface area (Å²) in [6.07, 6.45) is 4.50. The van der Waals surface area contributed by atoms with E-state index in [9.17, 15) is 0 Å². The minimum absolute atomic E-state index is 0.336. The van der Waals surface area contributed by atoms with Gasteiger partial charge in [0.1, 0.15) is 10.8 Å². The Hall–Kier alpha value is 0.0600. The number of hydrogen-bond donors (Lipinski definition) is 0. The zero-order valence-corrected chi connectivity index (χ0v) is 12.6. The van der Waals surface area contributed by atoms with E-state index in [4.69, 9.17) is 21.3 Å². The Balaban J connectivity index is 2.05. The van der Waals surface area contributed by atoms with Crippen LogP contribution in [0.15, 0.2) is 0 Å². The van der Waals surface area contributed by atoms with Gasteiger partial charge in [0.2, 0.25) is 0 Å². The molecule has 0 bridgehead atoms. The predicted octanol–water partition coefficient (Wildman–Crippen LogP) is 3.64. The van der Waals surface area contributed by atoms with Gasteiger partial charge in [-0.2, -0.15) is 0 Å². The molecule has 0 radical (unpaired) electrons. The van der Waals surface area contributed by atoms with Crippen molar-refractivity contribution in [1.82, 2.24) is 9.97 Å². The molecule has 1 saturated heterocycles. The SMILES string of the molecule is CC1(c2nc(Cl)c(I)c(C3CC3)n2)CCCO1. The van der Waals surface area contributed by atoms with Crippen LogP contribution in [0.3, 0.4) is 0 Å². The largest absolute Gasteiger partial charge is 0.367 e. The summed E-state index contributed by atoms with van der Waals surface area (Å²) in [6, 6.07) is 0. The topological polar surface area (TPSA) is 35.0 Å². The Labute approximate surface area is 119 Å². The highest BCUT2D eigenvalue weighted by Gasteiger charge is 2.37. The molecule has 5 heteroatoms. The second-order valence-corrected chi connectivity index (χ2v) is 6.43.